The van der Waals surface area contributed by atoms with Crippen molar-refractivity contribution in [1.82, 2.24) is 10.2 Å². The van der Waals surface area contributed by atoms with E-state index in [2.05, 4.69) is 34.5 Å². The number of ether oxygens (including phenoxy) is 1. The van der Waals surface area contributed by atoms with Crippen LogP contribution in [0.3, 0.4) is 0 Å². The fraction of sp³-hybridized carbons (Fsp3) is 0.533. The van der Waals surface area contributed by atoms with Crippen LogP contribution in [0, 0.1) is 0 Å². The molecular weight excluding hydrogens is 240 g/mol. The summed E-state index contributed by atoms with van der Waals surface area (Å²) in [6, 6.07) is 10.8. The molecule has 1 aromatic rings. The van der Waals surface area contributed by atoms with Gasteiger partial charge in [-0.2, -0.15) is 0 Å². The van der Waals surface area contributed by atoms with E-state index in [0.717, 1.165) is 19.4 Å². The van der Waals surface area contributed by atoms with Crippen LogP contribution in [0.2, 0.25) is 0 Å². The van der Waals surface area contributed by atoms with Gasteiger partial charge in [0.15, 0.2) is 0 Å². The zero-order valence-electron chi connectivity index (χ0n) is 11.3. The lowest BCUT2D eigenvalue weighted by atomic mass is 9.82. The number of carbonyl (C=O) groups is 1. The van der Waals surface area contributed by atoms with Crippen molar-refractivity contribution in [1.29, 1.82) is 0 Å². The molecule has 0 saturated carbocycles. The molecule has 102 valence electrons. The molecule has 3 rings (SSSR count). The van der Waals surface area contributed by atoms with Crippen molar-refractivity contribution in [2.45, 2.75) is 24.4 Å². The molecule has 2 aliphatic heterocycles. The van der Waals surface area contributed by atoms with Crippen molar-refractivity contribution in [2.75, 3.05) is 26.8 Å². The molecule has 2 fully saturated rings. The topological polar surface area (TPSA) is 41.6 Å². The van der Waals surface area contributed by atoms with Crippen molar-refractivity contribution in [3.63, 3.8) is 0 Å². The molecule has 4 nitrogen and oxygen atoms in total. The lowest BCUT2D eigenvalue weighted by Gasteiger charge is -2.50. The molecule has 19 heavy (non-hydrogen) atoms. The Kier molecular flexibility index (Phi) is 3.29. The number of nitrogens with one attached hydrogen (secondary N) is 1. The number of methoxy groups -OCH3 is 1. The largest absolute Gasteiger partial charge is 0.382 e. The van der Waals surface area contributed by atoms with Crippen LogP contribution in [0.25, 0.3) is 0 Å². The predicted octanol–water partition coefficient (Wildman–Crippen LogP) is 1.34. The monoisotopic (exact) mass is 260 g/mol. The van der Waals surface area contributed by atoms with Crippen LogP contribution < -0.4 is 5.32 Å². The summed E-state index contributed by atoms with van der Waals surface area (Å²) in [5.41, 5.74) is 1.12. The fourth-order valence-electron chi connectivity index (χ4n) is 3.44. The smallest absolute Gasteiger partial charge is 0.234 e. The fourth-order valence-corrected chi connectivity index (χ4v) is 3.44. The number of amides is 1. The van der Waals surface area contributed by atoms with Crippen LogP contribution >= 0.6 is 0 Å². The Hall–Kier alpha value is -1.39. The summed E-state index contributed by atoms with van der Waals surface area (Å²) in [6.45, 7) is 1.97. The summed E-state index contributed by atoms with van der Waals surface area (Å²) >= 11 is 0. The molecular formula is C15H20N2O2. The van der Waals surface area contributed by atoms with Crippen molar-refractivity contribution < 1.29 is 9.53 Å². The molecule has 1 unspecified atom stereocenters. The van der Waals surface area contributed by atoms with E-state index in [1.807, 2.05) is 6.07 Å². The van der Waals surface area contributed by atoms with Gasteiger partial charge in [-0.25, -0.2) is 0 Å². The first-order valence-corrected chi connectivity index (χ1v) is 6.81. The Morgan fingerprint density at radius 1 is 1.42 bits per heavy atom. The van der Waals surface area contributed by atoms with Gasteiger partial charge in [0.05, 0.1) is 18.7 Å². The van der Waals surface area contributed by atoms with Gasteiger partial charge >= 0.3 is 0 Å². The van der Waals surface area contributed by atoms with Crippen LogP contribution in [-0.2, 0) is 9.53 Å². The molecule has 0 radical (unpaired) electrons. The first-order valence-electron chi connectivity index (χ1n) is 6.81. The number of rotatable bonds is 3. The quantitative estimate of drug-likeness (QED) is 0.891. The van der Waals surface area contributed by atoms with Gasteiger partial charge in [-0.1, -0.05) is 30.3 Å². The van der Waals surface area contributed by atoms with E-state index in [1.165, 1.54) is 5.56 Å². The Morgan fingerprint density at radius 3 is 2.95 bits per heavy atom. The van der Waals surface area contributed by atoms with Crippen LogP contribution in [0.4, 0.5) is 0 Å². The lowest BCUT2D eigenvalue weighted by molar-refractivity contribution is -0.134. The highest BCUT2D eigenvalue weighted by molar-refractivity contribution is 5.80. The minimum atomic E-state index is -0.185. The number of fused-ring (bicyclic) bond motifs is 2. The number of nitrogens with zero attached hydrogens (tertiary/aromatic N) is 1. The highest BCUT2D eigenvalue weighted by Crippen LogP contribution is 2.37. The third kappa shape index (κ3) is 2.38. The van der Waals surface area contributed by atoms with Crippen LogP contribution in [0.1, 0.15) is 24.4 Å². The first kappa shape index (κ1) is 12.6. The Balaban J connectivity index is 1.84. The van der Waals surface area contributed by atoms with Gasteiger partial charge in [-0.3, -0.25) is 9.69 Å². The lowest BCUT2D eigenvalue weighted by Crippen LogP contribution is -2.67. The maximum atomic E-state index is 11.9. The minimum Gasteiger partial charge on any atom is -0.382 e. The molecule has 0 aromatic heterocycles. The van der Waals surface area contributed by atoms with E-state index in [-0.39, 0.29) is 11.4 Å². The summed E-state index contributed by atoms with van der Waals surface area (Å²) < 4.78 is 5.31. The molecule has 1 aromatic carbocycles. The molecule has 2 bridgehead atoms. The highest BCUT2D eigenvalue weighted by atomic mass is 16.5. The van der Waals surface area contributed by atoms with E-state index >= 15 is 0 Å². The molecule has 3 atom stereocenters. The average Bonchev–Trinajstić information content (AvgIpc) is 2.39. The van der Waals surface area contributed by atoms with Crippen molar-refractivity contribution in [3.8, 4) is 0 Å². The van der Waals surface area contributed by atoms with E-state index in [0.29, 0.717) is 19.2 Å². The number of hydrogen-bond donors (Lipinski definition) is 1. The van der Waals surface area contributed by atoms with Crippen LogP contribution in [-0.4, -0.2) is 43.2 Å². The number of carbonyl (C=O) groups excluding carboxylic acids is 1. The maximum absolute atomic E-state index is 11.9. The van der Waals surface area contributed by atoms with Crippen LogP contribution in [0.5, 0.6) is 0 Å². The summed E-state index contributed by atoms with van der Waals surface area (Å²) in [5.74, 6) is 0.115. The summed E-state index contributed by atoms with van der Waals surface area (Å²) in [6.07, 6.45) is 2.04. The van der Waals surface area contributed by atoms with Crippen LogP contribution in [0.15, 0.2) is 30.3 Å². The third-order valence-corrected chi connectivity index (χ3v) is 4.20. The van der Waals surface area contributed by atoms with Gasteiger partial charge in [0, 0.05) is 19.7 Å². The second-order valence-electron chi connectivity index (χ2n) is 5.63. The molecule has 0 spiro atoms. The highest BCUT2D eigenvalue weighted by Gasteiger charge is 2.45. The van der Waals surface area contributed by atoms with Crippen molar-refractivity contribution in [2.24, 2.45) is 0 Å². The van der Waals surface area contributed by atoms with E-state index < -0.39 is 0 Å². The molecule has 4 heteroatoms. The Labute approximate surface area is 113 Å². The standard InChI is InChI=1S/C15H20N2O2/c1-19-11-15-8-7-13(12-5-3-2-4-6-12)17(10-15)9-14(18)16-15/h2-6,13H,7-11H2,1H3,(H,16,18)/t13-,15+/m0/s1. The zero-order chi connectivity index (χ0) is 13.3. The molecule has 1 N–H and O–H groups in total. The van der Waals surface area contributed by atoms with Gasteiger partial charge in [0.25, 0.3) is 0 Å². The number of piperazine rings is 1. The molecule has 0 aliphatic carbocycles. The van der Waals surface area contributed by atoms with Gasteiger partial charge in [0.2, 0.25) is 5.91 Å². The van der Waals surface area contributed by atoms with Crippen molar-refractivity contribution in [3.05, 3.63) is 35.9 Å². The minimum absolute atomic E-state index is 0.115. The number of piperidine rings is 1. The average molecular weight is 260 g/mol. The predicted molar refractivity (Wildman–Crippen MR) is 72.7 cm³/mol. The Morgan fingerprint density at radius 2 is 2.21 bits per heavy atom. The summed E-state index contributed by atoms with van der Waals surface area (Å²) in [5, 5.41) is 3.13. The molecule has 2 heterocycles. The second-order valence-corrected chi connectivity index (χ2v) is 5.63. The van der Waals surface area contributed by atoms with E-state index in [4.69, 9.17) is 4.74 Å². The third-order valence-electron chi connectivity index (χ3n) is 4.20. The molecule has 2 aliphatic rings. The maximum Gasteiger partial charge on any atom is 0.234 e. The van der Waals surface area contributed by atoms with Gasteiger partial charge in [0.1, 0.15) is 0 Å². The second kappa shape index (κ2) is 4.94. The summed E-state index contributed by atoms with van der Waals surface area (Å²) in [4.78, 5) is 14.2. The first-order chi connectivity index (χ1) is 9.22. The number of benzene rings is 1. The normalized spacial score (nSPS) is 33.8. The van der Waals surface area contributed by atoms with Crippen molar-refractivity contribution >= 4 is 5.91 Å². The zero-order valence-corrected chi connectivity index (χ0v) is 11.3. The SMILES string of the molecule is COC[C@]12CC[C@@H](c3ccccc3)N(CC(=O)N1)C2. The van der Waals surface area contributed by atoms with E-state index in [1.54, 1.807) is 7.11 Å². The Bertz CT molecular complexity index is 462. The summed E-state index contributed by atoms with van der Waals surface area (Å²) in [7, 11) is 1.70. The van der Waals surface area contributed by atoms with E-state index in [9.17, 15) is 4.79 Å². The van der Waals surface area contributed by atoms with Gasteiger partial charge < -0.3 is 10.1 Å². The molecule has 2 saturated heterocycles. The molecule has 1 amide bonds. The van der Waals surface area contributed by atoms with Gasteiger partial charge in [-0.15, -0.1) is 0 Å². The number of hydrogen-bond acceptors (Lipinski definition) is 3. The van der Waals surface area contributed by atoms with Gasteiger partial charge in [-0.05, 0) is 18.4 Å².